The van der Waals surface area contributed by atoms with Gasteiger partial charge < -0.3 is 49.4 Å². The number of hydrogen-bond acceptors (Lipinski definition) is 14. The SMILES string of the molecule is COC(=O)[C@H]1O[C@@H](Oc2c(COC(N)=O)cc(C)cc2COC(N)=O)[C@H](OC(C)=O)[C@@H](OC(C)=O)[C@@H]1OC(C)=O. The van der Waals surface area contributed by atoms with Crippen LogP contribution in [0, 0.1) is 6.92 Å². The van der Waals surface area contributed by atoms with Crippen LogP contribution in [-0.4, -0.2) is 73.9 Å². The van der Waals surface area contributed by atoms with Crippen LogP contribution in [0.5, 0.6) is 5.75 Å². The summed E-state index contributed by atoms with van der Waals surface area (Å²) in [7, 11) is 1.03. The van der Waals surface area contributed by atoms with E-state index < -0.39 is 80.0 Å². The molecule has 0 aliphatic carbocycles. The fraction of sp³-hybridized carbons (Fsp3) is 0.500. The highest BCUT2D eigenvalue weighted by Crippen LogP contribution is 2.35. The molecule has 1 aliphatic heterocycles. The summed E-state index contributed by atoms with van der Waals surface area (Å²) in [4.78, 5) is 71.2. The third kappa shape index (κ3) is 8.72. The molecule has 1 fully saturated rings. The molecule has 5 atom stereocenters. The van der Waals surface area contributed by atoms with Gasteiger partial charge in [-0.25, -0.2) is 14.4 Å². The molecule has 2 rings (SSSR count). The van der Waals surface area contributed by atoms with Crippen molar-refractivity contribution in [3.05, 3.63) is 28.8 Å². The number of nitrogens with two attached hydrogens (primary N) is 2. The Morgan fingerprint density at radius 3 is 1.65 bits per heavy atom. The molecular formula is C24H30N2O14. The summed E-state index contributed by atoms with van der Waals surface area (Å²) in [5, 5.41) is 0. The van der Waals surface area contributed by atoms with E-state index in [0.29, 0.717) is 5.56 Å². The molecule has 220 valence electrons. The number of rotatable bonds is 10. The van der Waals surface area contributed by atoms with E-state index >= 15 is 0 Å². The zero-order chi connectivity index (χ0) is 30.1. The second-order valence-electron chi connectivity index (χ2n) is 8.42. The third-order valence-electron chi connectivity index (χ3n) is 5.20. The lowest BCUT2D eigenvalue weighted by molar-refractivity contribution is -0.282. The minimum atomic E-state index is -1.73. The number of esters is 4. The smallest absolute Gasteiger partial charge is 0.404 e. The summed E-state index contributed by atoms with van der Waals surface area (Å²) < 4.78 is 42.2. The van der Waals surface area contributed by atoms with Crippen molar-refractivity contribution in [2.45, 2.75) is 71.6 Å². The van der Waals surface area contributed by atoms with Crippen molar-refractivity contribution in [3.8, 4) is 5.75 Å². The van der Waals surface area contributed by atoms with Gasteiger partial charge in [0.25, 0.3) is 0 Å². The summed E-state index contributed by atoms with van der Waals surface area (Å²) in [6, 6.07) is 3.08. The molecule has 1 aromatic rings. The quantitative estimate of drug-likeness (QED) is 0.284. The number of carbonyl (C=O) groups excluding carboxylic acids is 6. The number of amides is 2. The Kier molecular flexibility index (Phi) is 11.0. The lowest BCUT2D eigenvalue weighted by Gasteiger charge is -2.43. The minimum Gasteiger partial charge on any atom is -0.467 e. The molecular weight excluding hydrogens is 540 g/mol. The van der Waals surface area contributed by atoms with E-state index in [1.807, 2.05) is 0 Å². The van der Waals surface area contributed by atoms with Gasteiger partial charge in [-0.1, -0.05) is 5.56 Å². The van der Waals surface area contributed by atoms with E-state index in [9.17, 15) is 28.8 Å². The molecule has 40 heavy (non-hydrogen) atoms. The second-order valence-corrected chi connectivity index (χ2v) is 8.42. The van der Waals surface area contributed by atoms with Gasteiger partial charge in [0, 0.05) is 31.9 Å². The first-order valence-electron chi connectivity index (χ1n) is 11.6. The molecule has 16 heteroatoms. The van der Waals surface area contributed by atoms with E-state index in [4.69, 9.17) is 49.4 Å². The summed E-state index contributed by atoms with van der Waals surface area (Å²) in [5.74, 6) is -3.79. The summed E-state index contributed by atoms with van der Waals surface area (Å²) in [5.41, 5.74) is 11.2. The maximum atomic E-state index is 12.7. The molecule has 0 radical (unpaired) electrons. The van der Waals surface area contributed by atoms with E-state index in [2.05, 4.69) is 0 Å². The van der Waals surface area contributed by atoms with Gasteiger partial charge in [0.05, 0.1) is 7.11 Å². The van der Waals surface area contributed by atoms with Crippen LogP contribution in [0.1, 0.15) is 37.5 Å². The molecule has 16 nitrogen and oxygen atoms in total. The van der Waals surface area contributed by atoms with Gasteiger partial charge in [-0.2, -0.15) is 0 Å². The molecule has 1 aliphatic rings. The van der Waals surface area contributed by atoms with Crippen molar-refractivity contribution in [1.29, 1.82) is 0 Å². The molecule has 0 saturated carbocycles. The predicted molar refractivity (Wildman–Crippen MR) is 128 cm³/mol. The van der Waals surface area contributed by atoms with Crippen LogP contribution in [0.4, 0.5) is 9.59 Å². The average molecular weight is 571 g/mol. The molecule has 0 unspecified atom stereocenters. The highest BCUT2D eigenvalue weighted by Gasteiger charge is 2.56. The van der Waals surface area contributed by atoms with E-state index in [1.54, 1.807) is 19.1 Å². The average Bonchev–Trinajstić information content (AvgIpc) is 2.84. The first-order valence-corrected chi connectivity index (χ1v) is 11.6. The molecule has 0 spiro atoms. The van der Waals surface area contributed by atoms with E-state index in [1.165, 1.54) is 0 Å². The lowest BCUT2D eigenvalue weighted by Crippen LogP contribution is -2.64. The summed E-state index contributed by atoms with van der Waals surface area (Å²) in [6.07, 6.45) is -10.5. The maximum Gasteiger partial charge on any atom is 0.404 e. The van der Waals surface area contributed by atoms with Crippen molar-refractivity contribution in [2.75, 3.05) is 7.11 Å². The highest BCUT2D eigenvalue weighted by molar-refractivity contribution is 5.77. The molecule has 1 heterocycles. The lowest BCUT2D eigenvalue weighted by atomic mass is 9.97. The van der Waals surface area contributed by atoms with Gasteiger partial charge in [0.15, 0.2) is 18.3 Å². The Bertz CT molecular complexity index is 1110. The molecule has 1 saturated heterocycles. The van der Waals surface area contributed by atoms with Crippen LogP contribution < -0.4 is 16.2 Å². The fourth-order valence-corrected chi connectivity index (χ4v) is 3.88. The van der Waals surface area contributed by atoms with Crippen LogP contribution in [0.25, 0.3) is 0 Å². The minimum absolute atomic E-state index is 0.105. The first-order chi connectivity index (χ1) is 18.7. The largest absolute Gasteiger partial charge is 0.467 e. The normalized spacial score (nSPS) is 21.8. The number of carbonyl (C=O) groups is 6. The van der Waals surface area contributed by atoms with Crippen molar-refractivity contribution in [2.24, 2.45) is 11.5 Å². The number of benzene rings is 1. The van der Waals surface area contributed by atoms with Crippen LogP contribution in [0.3, 0.4) is 0 Å². The van der Waals surface area contributed by atoms with E-state index in [-0.39, 0.29) is 16.9 Å². The zero-order valence-corrected chi connectivity index (χ0v) is 22.3. The highest BCUT2D eigenvalue weighted by atomic mass is 16.7. The number of primary amides is 2. The summed E-state index contributed by atoms with van der Waals surface area (Å²) in [6.45, 7) is 3.93. The van der Waals surface area contributed by atoms with Gasteiger partial charge in [-0.3, -0.25) is 14.4 Å². The van der Waals surface area contributed by atoms with Crippen LogP contribution in [-0.2, 0) is 65.5 Å². The van der Waals surface area contributed by atoms with Crippen molar-refractivity contribution in [3.63, 3.8) is 0 Å². The molecule has 0 bridgehead atoms. The molecule has 1 aromatic carbocycles. The molecule has 4 N–H and O–H groups in total. The zero-order valence-electron chi connectivity index (χ0n) is 22.3. The Labute approximate surface area is 228 Å². The Balaban J connectivity index is 2.69. The number of aryl methyl sites for hydroxylation is 1. The van der Waals surface area contributed by atoms with Crippen molar-refractivity contribution >= 4 is 36.1 Å². The first kappa shape index (κ1) is 31.6. The fourth-order valence-electron chi connectivity index (χ4n) is 3.88. The maximum absolute atomic E-state index is 12.7. The van der Waals surface area contributed by atoms with Gasteiger partial charge >= 0.3 is 36.1 Å². The molecule has 2 amide bonds. The Morgan fingerprint density at radius 1 is 0.775 bits per heavy atom. The van der Waals surface area contributed by atoms with Crippen molar-refractivity contribution in [1.82, 2.24) is 0 Å². The third-order valence-corrected chi connectivity index (χ3v) is 5.20. The number of methoxy groups -OCH3 is 1. The molecule has 0 aromatic heterocycles. The Morgan fingerprint density at radius 2 is 1.23 bits per heavy atom. The van der Waals surface area contributed by atoms with Crippen LogP contribution in [0.2, 0.25) is 0 Å². The second kappa shape index (κ2) is 14.0. The van der Waals surface area contributed by atoms with Crippen LogP contribution >= 0.6 is 0 Å². The van der Waals surface area contributed by atoms with Gasteiger partial charge in [-0.05, 0) is 19.1 Å². The van der Waals surface area contributed by atoms with E-state index in [0.717, 1.165) is 27.9 Å². The van der Waals surface area contributed by atoms with Gasteiger partial charge in [0.2, 0.25) is 12.4 Å². The number of hydrogen-bond donors (Lipinski definition) is 2. The monoisotopic (exact) mass is 570 g/mol. The Hall–Kier alpha value is -4.60. The van der Waals surface area contributed by atoms with Crippen molar-refractivity contribution < 1.29 is 66.7 Å². The number of ether oxygens (including phenoxy) is 8. The van der Waals surface area contributed by atoms with Crippen LogP contribution in [0.15, 0.2) is 12.1 Å². The van der Waals surface area contributed by atoms with Gasteiger partial charge in [0.1, 0.15) is 19.0 Å². The topological polar surface area (TPSA) is 228 Å². The predicted octanol–water partition coefficient (Wildman–Crippen LogP) is 0.257. The van der Waals surface area contributed by atoms with Gasteiger partial charge in [-0.15, -0.1) is 0 Å². The summed E-state index contributed by atoms with van der Waals surface area (Å²) >= 11 is 0. The standard InChI is InChI=1S/C24H30N2O14/c1-10-6-14(8-34-23(25)31)16(15(7-10)9-35-24(26)32)39-22-20(38-13(4)29)18(37-12(3)28)17(36-11(2)27)19(40-22)21(30)33-5/h6-7,17-20,22H,8-9H2,1-5H3,(H2,25,31)(H2,26,32)/t17-,18-,19-,20+,22+/m0/s1.